The molecule has 4 heteroatoms. The van der Waals surface area contributed by atoms with Crippen LogP contribution in [-0.2, 0) is 4.79 Å². The molecule has 2 saturated heterocycles. The number of thioether (sulfide) groups is 1. The molecule has 0 aromatic carbocycles. The minimum atomic E-state index is 0.265. The molecule has 1 amide bonds. The molecule has 2 atom stereocenters. The minimum absolute atomic E-state index is 0.265. The molecule has 0 aromatic heterocycles. The van der Waals surface area contributed by atoms with Crippen molar-refractivity contribution < 1.29 is 4.79 Å². The van der Waals surface area contributed by atoms with Gasteiger partial charge in [0.25, 0.3) is 0 Å². The Morgan fingerprint density at radius 2 is 2.06 bits per heavy atom. The lowest BCUT2D eigenvalue weighted by atomic mass is 10.1. The molecule has 0 spiro atoms. The quantitative estimate of drug-likeness (QED) is 0.846. The lowest BCUT2D eigenvalue weighted by Gasteiger charge is -2.31. The van der Waals surface area contributed by atoms with Crippen LogP contribution >= 0.6 is 11.8 Å². The highest BCUT2D eigenvalue weighted by molar-refractivity contribution is 8.00. The maximum absolute atomic E-state index is 12.6. The Morgan fingerprint density at radius 1 is 1.17 bits per heavy atom. The average molecular weight is 268 g/mol. The van der Waals surface area contributed by atoms with Crippen LogP contribution in [0.4, 0.5) is 0 Å². The summed E-state index contributed by atoms with van der Waals surface area (Å²) in [5.41, 5.74) is 0. The van der Waals surface area contributed by atoms with E-state index >= 15 is 0 Å². The first-order chi connectivity index (χ1) is 8.84. The zero-order valence-corrected chi connectivity index (χ0v) is 11.9. The predicted molar refractivity (Wildman–Crippen MR) is 75.9 cm³/mol. The van der Waals surface area contributed by atoms with Gasteiger partial charge in [-0.25, -0.2) is 0 Å². The van der Waals surface area contributed by atoms with E-state index in [1.54, 1.807) is 0 Å². The SMILES string of the molecule is O=C(C1CCCCS1)N(CC1CCCN1)C1CC1. The number of hydrogen-bond donors (Lipinski definition) is 1. The molecule has 0 radical (unpaired) electrons. The van der Waals surface area contributed by atoms with Crippen LogP contribution < -0.4 is 5.32 Å². The lowest BCUT2D eigenvalue weighted by molar-refractivity contribution is -0.131. The standard InChI is InChI=1S/C14H24N2OS/c17-14(13-5-1-2-9-18-13)16(12-6-7-12)10-11-4-3-8-15-11/h11-13,15H,1-10H2. The monoisotopic (exact) mass is 268 g/mol. The largest absolute Gasteiger partial charge is 0.337 e. The van der Waals surface area contributed by atoms with Gasteiger partial charge in [-0.1, -0.05) is 6.42 Å². The van der Waals surface area contributed by atoms with Gasteiger partial charge in [0.05, 0.1) is 5.25 Å². The fourth-order valence-corrected chi connectivity index (χ4v) is 4.34. The van der Waals surface area contributed by atoms with E-state index in [1.165, 1.54) is 44.3 Å². The van der Waals surface area contributed by atoms with Crippen LogP contribution in [0.1, 0.15) is 44.9 Å². The Bertz CT molecular complexity index is 294. The Balaban J connectivity index is 1.59. The van der Waals surface area contributed by atoms with Gasteiger partial charge in [-0.15, -0.1) is 11.8 Å². The summed E-state index contributed by atoms with van der Waals surface area (Å²) in [7, 11) is 0. The van der Waals surface area contributed by atoms with Gasteiger partial charge in [-0.05, 0) is 50.8 Å². The summed E-state index contributed by atoms with van der Waals surface area (Å²) in [5, 5.41) is 3.79. The molecule has 18 heavy (non-hydrogen) atoms. The van der Waals surface area contributed by atoms with Gasteiger partial charge in [0.1, 0.15) is 0 Å². The second-order valence-electron chi connectivity index (χ2n) is 5.87. The number of nitrogens with one attached hydrogen (secondary N) is 1. The molecule has 1 saturated carbocycles. The van der Waals surface area contributed by atoms with Gasteiger partial charge in [-0.3, -0.25) is 4.79 Å². The first kappa shape index (κ1) is 12.8. The Morgan fingerprint density at radius 3 is 2.67 bits per heavy atom. The van der Waals surface area contributed by atoms with Crippen molar-refractivity contribution in [1.82, 2.24) is 10.2 Å². The van der Waals surface area contributed by atoms with Gasteiger partial charge < -0.3 is 10.2 Å². The number of amides is 1. The molecule has 0 bridgehead atoms. The van der Waals surface area contributed by atoms with Crippen LogP contribution in [0.2, 0.25) is 0 Å². The molecule has 2 unspecified atom stereocenters. The van der Waals surface area contributed by atoms with E-state index in [0.29, 0.717) is 18.0 Å². The van der Waals surface area contributed by atoms with E-state index in [4.69, 9.17) is 0 Å². The number of hydrogen-bond acceptors (Lipinski definition) is 3. The first-order valence-corrected chi connectivity index (χ1v) is 8.55. The van der Waals surface area contributed by atoms with Gasteiger partial charge >= 0.3 is 0 Å². The Labute approximate surface area is 114 Å². The molecule has 3 rings (SSSR count). The van der Waals surface area contributed by atoms with E-state index < -0.39 is 0 Å². The van der Waals surface area contributed by atoms with Crippen molar-refractivity contribution in [1.29, 1.82) is 0 Å². The molecular weight excluding hydrogens is 244 g/mol. The number of nitrogens with zero attached hydrogens (tertiary/aromatic N) is 1. The number of carbonyl (C=O) groups excluding carboxylic acids is 1. The van der Waals surface area contributed by atoms with Crippen molar-refractivity contribution in [3.8, 4) is 0 Å². The van der Waals surface area contributed by atoms with E-state index in [9.17, 15) is 4.79 Å². The summed E-state index contributed by atoms with van der Waals surface area (Å²) in [6.07, 6.45) is 8.62. The first-order valence-electron chi connectivity index (χ1n) is 7.50. The lowest BCUT2D eigenvalue weighted by Crippen LogP contribution is -2.46. The summed E-state index contributed by atoms with van der Waals surface area (Å²) in [6, 6.07) is 1.13. The number of rotatable bonds is 4. The van der Waals surface area contributed by atoms with Gasteiger partial charge in [0.15, 0.2) is 0 Å². The van der Waals surface area contributed by atoms with Crippen LogP contribution in [0.15, 0.2) is 0 Å². The molecular formula is C14H24N2OS. The van der Waals surface area contributed by atoms with Crippen LogP contribution in [-0.4, -0.2) is 47.0 Å². The summed E-state index contributed by atoms with van der Waals surface area (Å²) in [4.78, 5) is 14.9. The summed E-state index contributed by atoms with van der Waals surface area (Å²) < 4.78 is 0. The van der Waals surface area contributed by atoms with E-state index in [0.717, 1.165) is 19.5 Å². The zero-order valence-electron chi connectivity index (χ0n) is 11.1. The molecule has 0 aromatic rings. The van der Waals surface area contributed by atoms with Gasteiger partial charge in [-0.2, -0.15) is 0 Å². The Hall–Kier alpha value is -0.220. The zero-order chi connectivity index (χ0) is 12.4. The fourth-order valence-electron chi connectivity index (χ4n) is 3.08. The summed E-state index contributed by atoms with van der Waals surface area (Å²) >= 11 is 1.89. The fraction of sp³-hybridized carbons (Fsp3) is 0.929. The smallest absolute Gasteiger partial charge is 0.235 e. The van der Waals surface area contributed by atoms with Crippen molar-refractivity contribution in [3.63, 3.8) is 0 Å². The second-order valence-corrected chi connectivity index (χ2v) is 7.18. The topological polar surface area (TPSA) is 32.3 Å². The summed E-state index contributed by atoms with van der Waals surface area (Å²) in [5.74, 6) is 1.62. The summed E-state index contributed by atoms with van der Waals surface area (Å²) in [6.45, 7) is 2.09. The third kappa shape index (κ3) is 3.02. The highest BCUT2D eigenvalue weighted by Crippen LogP contribution is 2.33. The number of carbonyl (C=O) groups is 1. The molecule has 2 heterocycles. The molecule has 3 fully saturated rings. The van der Waals surface area contributed by atoms with Gasteiger partial charge in [0, 0.05) is 18.6 Å². The van der Waals surface area contributed by atoms with Crippen molar-refractivity contribution >= 4 is 17.7 Å². The normalized spacial score (nSPS) is 32.4. The molecule has 102 valence electrons. The predicted octanol–water partition coefficient (Wildman–Crippen LogP) is 2.02. The van der Waals surface area contributed by atoms with E-state index in [1.807, 2.05) is 11.8 Å². The minimum Gasteiger partial charge on any atom is -0.337 e. The second kappa shape index (κ2) is 5.83. The van der Waals surface area contributed by atoms with Crippen LogP contribution in [0.5, 0.6) is 0 Å². The van der Waals surface area contributed by atoms with Crippen molar-refractivity contribution in [2.75, 3.05) is 18.8 Å². The van der Waals surface area contributed by atoms with Crippen molar-refractivity contribution in [2.45, 2.75) is 62.3 Å². The third-order valence-electron chi connectivity index (χ3n) is 4.31. The highest BCUT2D eigenvalue weighted by atomic mass is 32.2. The van der Waals surface area contributed by atoms with E-state index in [2.05, 4.69) is 10.2 Å². The van der Waals surface area contributed by atoms with Crippen LogP contribution in [0.25, 0.3) is 0 Å². The maximum Gasteiger partial charge on any atom is 0.235 e. The van der Waals surface area contributed by atoms with Crippen LogP contribution in [0, 0.1) is 0 Å². The molecule has 1 aliphatic carbocycles. The molecule has 3 nitrogen and oxygen atoms in total. The third-order valence-corrected chi connectivity index (χ3v) is 5.67. The molecule has 3 aliphatic rings. The van der Waals surface area contributed by atoms with Crippen LogP contribution in [0.3, 0.4) is 0 Å². The molecule has 2 aliphatic heterocycles. The Kier molecular flexibility index (Phi) is 4.14. The van der Waals surface area contributed by atoms with Crippen molar-refractivity contribution in [2.24, 2.45) is 0 Å². The maximum atomic E-state index is 12.6. The molecule has 1 N–H and O–H groups in total. The van der Waals surface area contributed by atoms with Crippen molar-refractivity contribution in [3.05, 3.63) is 0 Å². The van der Waals surface area contributed by atoms with Gasteiger partial charge in [0.2, 0.25) is 5.91 Å². The average Bonchev–Trinajstić information content (AvgIpc) is 3.13. The van der Waals surface area contributed by atoms with E-state index in [-0.39, 0.29) is 5.25 Å². The highest BCUT2D eigenvalue weighted by Gasteiger charge is 2.37.